The van der Waals surface area contributed by atoms with E-state index in [2.05, 4.69) is 35.3 Å². The molecule has 0 spiro atoms. The lowest BCUT2D eigenvalue weighted by molar-refractivity contribution is -0.136. The molecule has 3 rings (SSSR count). The largest absolute Gasteiger partial charge is 0.338 e. The van der Waals surface area contributed by atoms with Crippen LogP contribution in [0.2, 0.25) is 0 Å². The molecule has 21 heavy (non-hydrogen) atoms. The third kappa shape index (κ3) is 3.55. The summed E-state index contributed by atoms with van der Waals surface area (Å²) in [5, 5.41) is 4.37. The summed E-state index contributed by atoms with van der Waals surface area (Å²) in [5.41, 5.74) is 1.18. The Morgan fingerprint density at radius 3 is 3.00 bits per heavy atom. The molecule has 4 heteroatoms. The van der Waals surface area contributed by atoms with Crippen molar-refractivity contribution in [3.8, 4) is 0 Å². The van der Waals surface area contributed by atoms with Crippen molar-refractivity contribution in [3.63, 3.8) is 0 Å². The fourth-order valence-electron chi connectivity index (χ4n) is 3.51. The summed E-state index contributed by atoms with van der Waals surface area (Å²) in [6.07, 6.45) is 14.8. The van der Waals surface area contributed by atoms with Crippen molar-refractivity contribution >= 4 is 5.91 Å². The van der Waals surface area contributed by atoms with Gasteiger partial charge in [-0.15, -0.1) is 0 Å². The van der Waals surface area contributed by atoms with Crippen LogP contribution in [0.25, 0.3) is 0 Å². The standard InChI is InChI=1S/C17H25N3O/c1-14-11-18-19(12-14)13-16-8-4-5-9-20(16)17(21)10-15-6-2-3-7-15/h2,6,11-12,15-16H,3-5,7-10,13H2,1H3/t15-,16+/m0/s1. The van der Waals surface area contributed by atoms with Crippen LogP contribution in [0, 0.1) is 12.8 Å². The van der Waals surface area contributed by atoms with E-state index < -0.39 is 0 Å². The van der Waals surface area contributed by atoms with Crippen LogP contribution in [0.5, 0.6) is 0 Å². The van der Waals surface area contributed by atoms with Crippen LogP contribution in [0.3, 0.4) is 0 Å². The second-order valence-electron chi connectivity index (χ2n) is 6.45. The van der Waals surface area contributed by atoms with E-state index in [1.165, 1.54) is 12.0 Å². The number of aryl methyl sites for hydroxylation is 1. The minimum atomic E-state index is 0.316. The van der Waals surface area contributed by atoms with E-state index in [1.807, 2.05) is 10.9 Å². The van der Waals surface area contributed by atoms with Gasteiger partial charge in [-0.05, 0) is 50.5 Å². The van der Waals surface area contributed by atoms with Gasteiger partial charge in [0.15, 0.2) is 0 Å². The molecule has 0 unspecified atom stereocenters. The molecule has 4 nitrogen and oxygen atoms in total. The molecule has 1 aliphatic carbocycles. The van der Waals surface area contributed by atoms with Crippen LogP contribution < -0.4 is 0 Å². The maximum absolute atomic E-state index is 12.6. The molecule has 1 fully saturated rings. The number of hydrogen-bond donors (Lipinski definition) is 0. The molecule has 0 radical (unpaired) electrons. The molecule has 2 atom stereocenters. The Hall–Kier alpha value is -1.58. The van der Waals surface area contributed by atoms with E-state index in [1.54, 1.807) is 0 Å². The van der Waals surface area contributed by atoms with Crippen molar-refractivity contribution in [2.24, 2.45) is 5.92 Å². The Balaban J connectivity index is 1.62. The van der Waals surface area contributed by atoms with Crippen molar-refractivity contribution in [2.45, 2.75) is 58.0 Å². The fourth-order valence-corrected chi connectivity index (χ4v) is 3.51. The first-order chi connectivity index (χ1) is 10.2. The highest BCUT2D eigenvalue weighted by Gasteiger charge is 2.28. The lowest BCUT2D eigenvalue weighted by Crippen LogP contribution is -2.46. The number of hydrogen-bond acceptors (Lipinski definition) is 2. The van der Waals surface area contributed by atoms with Gasteiger partial charge in [-0.25, -0.2) is 0 Å². The number of carbonyl (C=O) groups excluding carboxylic acids is 1. The number of allylic oxidation sites excluding steroid dienone is 2. The normalized spacial score (nSPS) is 25.5. The van der Waals surface area contributed by atoms with E-state index in [-0.39, 0.29) is 0 Å². The van der Waals surface area contributed by atoms with Crippen LogP contribution in [0.1, 0.15) is 44.1 Å². The van der Waals surface area contributed by atoms with Crippen LogP contribution in [-0.2, 0) is 11.3 Å². The molecular weight excluding hydrogens is 262 g/mol. The molecule has 2 aliphatic rings. The molecule has 0 N–H and O–H groups in total. The second kappa shape index (κ2) is 6.46. The molecule has 1 aromatic rings. The van der Waals surface area contributed by atoms with Gasteiger partial charge < -0.3 is 4.90 Å². The van der Waals surface area contributed by atoms with Crippen molar-refractivity contribution in [1.82, 2.24) is 14.7 Å². The Morgan fingerprint density at radius 1 is 1.38 bits per heavy atom. The molecule has 2 heterocycles. The summed E-state index contributed by atoms with van der Waals surface area (Å²) < 4.78 is 1.99. The highest BCUT2D eigenvalue weighted by Crippen LogP contribution is 2.25. The summed E-state index contributed by atoms with van der Waals surface area (Å²) in [6, 6.07) is 0.316. The minimum absolute atomic E-state index is 0.316. The van der Waals surface area contributed by atoms with Gasteiger partial charge in [0.2, 0.25) is 5.91 Å². The zero-order chi connectivity index (χ0) is 14.7. The lowest BCUT2D eigenvalue weighted by atomic mass is 9.98. The number of carbonyl (C=O) groups is 1. The Bertz CT molecular complexity index is 520. The van der Waals surface area contributed by atoms with Gasteiger partial charge in [-0.1, -0.05) is 12.2 Å². The van der Waals surface area contributed by atoms with Gasteiger partial charge in [0.25, 0.3) is 0 Å². The van der Waals surface area contributed by atoms with E-state index in [4.69, 9.17) is 0 Å². The smallest absolute Gasteiger partial charge is 0.223 e. The Morgan fingerprint density at radius 2 is 2.29 bits per heavy atom. The first-order valence-electron chi connectivity index (χ1n) is 8.17. The van der Waals surface area contributed by atoms with Crippen molar-refractivity contribution in [2.75, 3.05) is 6.54 Å². The van der Waals surface area contributed by atoms with Gasteiger partial charge in [0.1, 0.15) is 0 Å². The van der Waals surface area contributed by atoms with E-state index >= 15 is 0 Å². The maximum Gasteiger partial charge on any atom is 0.223 e. The first kappa shape index (κ1) is 14.4. The summed E-state index contributed by atoms with van der Waals surface area (Å²) in [7, 11) is 0. The minimum Gasteiger partial charge on any atom is -0.338 e. The van der Waals surface area contributed by atoms with Crippen molar-refractivity contribution < 1.29 is 4.79 Å². The number of piperidine rings is 1. The van der Waals surface area contributed by atoms with Gasteiger partial charge in [-0.3, -0.25) is 9.48 Å². The molecule has 0 bridgehead atoms. The fraction of sp³-hybridized carbons (Fsp3) is 0.647. The number of rotatable bonds is 4. The zero-order valence-electron chi connectivity index (χ0n) is 12.9. The highest BCUT2D eigenvalue weighted by molar-refractivity contribution is 5.77. The topological polar surface area (TPSA) is 38.1 Å². The zero-order valence-corrected chi connectivity index (χ0v) is 12.9. The molecule has 0 saturated carbocycles. The van der Waals surface area contributed by atoms with Crippen molar-refractivity contribution in [1.29, 1.82) is 0 Å². The average molecular weight is 287 g/mol. The van der Waals surface area contributed by atoms with Crippen molar-refractivity contribution in [3.05, 3.63) is 30.1 Å². The van der Waals surface area contributed by atoms with Crippen LogP contribution >= 0.6 is 0 Å². The van der Waals surface area contributed by atoms with Gasteiger partial charge in [0, 0.05) is 19.2 Å². The van der Waals surface area contributed by atoms with E-state index in [0.29, 0.717) is 24.3 Å². The number of amides is 1. The third-order valence-corrected chi connectivity index (χ3v) is 4.66. The molecule has 1 aromatic heterocycles. The van der Waals surface area contributed by atoms with E-state index in [0.717, 1.165) is 38.8 Å². The summed E-state index contributed by atoms with van der Waals surface area (Å²) in [4.78, 5) is 14.7. The second-order valence-corrected chi connectivity index (χ2v) is 6.45. The Kier molecular flexibility index (Phi) is 4.42. The maximum atomic E-state index is 12.6. The Labute approximate surface area is 126 Å². The summed E-state index contributed by atoms with van der Waals surface area (Å²) in [6.45, 7) is 3.81. The lowest BCUT2D eigenvalue weighted by Gasteiger charge is -2.36. The van der Waals surface area contributed by atoms with E-state index in [9.17, 15) is 4.79 Å². The molecule has 114 valence electrons. The van der Waals surface area contributed by atoms with Crippen LogP contribution in [-0.4, -0.2) is 33.2 Å². The van der Waals surface area contributed by atoms with Crippen LogP contribution in [0.15, 0.2) is 24.5 Å². The molecule has 1 amide bonds. The predicted octanol–water partition coefficient (Wildman–Crippen LogP) is 2.93. The number of aromatic nitrogens is 2. The molecule has 1 aliphatic heterocycles. The number of nitrogens with zero attached hydrogens (tertiary/aromatic N) is 3. The monoisotopic (exact) mass is 287 g/mol. The predicted molar refractivity (Wildman–Crippen MR) is 82.8 cm³/mol. The summed E-state index contributed by atoms with van der Waals surface area (Å²) in [5.74, 6) is 0.798. The van der Waals surface area contributed by atoms with Gasteiger partial charge in [0.05, 0.1) is 18.8 Å². The molecular formula is C17H25N3O. The SMILES string of the molecule is Cc1cnn(C[C@H]2CCCCN2C(=O)C[C@H]2C=CCC2)c1. The molecule has 0 aromatic carbocycles. The number of likely N-dealkylation sites (tertiary alicyclic amines) is 1. The van der Waals surface area contributed by atoms with Crippen LogP contribution in [0.4, 0.5) is 0 Å². The highest BCUT2D eigenvalue weighted by atomic mass is 16.2. The summed E-state index contributed by atoms with van der Waals surface area (Å²) >= 11 is 0. The van der Waals surface area contributed by atoms with Gasteiger partial charge in [-0.2, -0.15) is 5.10 Å². The first-order valence-corrected chi connectivity index (χ1v) is 8.17. The quantitative estimate of drug-likeness (QED) is 0.799. The third-order valence-electron chi connectivity index (χ3n) is 4.66. The molecule has 1 saturated heterocycles. The average Bonchev–Trinajstić information content (AvgIpc) is 3.11. The van der Waals surface area contributed by atoms with Gasteiger partial charge >= 0.3 is 0 Å².